The van der Waals surface area contributed by atoms with Gasteiger partial charge in [0.25, 0.3) is 11.8 Å². The van der Waals surface area contributed by atoms with Gasteiger partial charge in [-0.05, 0) is 102 Å². The SMILES string of the molecule is C=C(C)C(=O)NCCCNC(=O)C(CCCCNC(=O)c1cc(-c2cc(-c3ccc[n+](Cc4ccccc4B(O)O)c3)c[n+](Cc3ccccc3B(O)O)c2)c[n+](Cc2ccccc2B(O)O)c1)NC(=O)c1cc(-c2cc(-c3ccc[n+](Cc4ccccc4B(O)O)c3)c[n+](Cc3ccccc3B(O)O)c2)c[n+](Cc2ccccc2B(O)O)c1.CC. The van der Waals surface area contributed by atoms with E-state index in [1.165, 1.54) is 0 Å². The third-order valence-corrected chi connectivity index (χ3v) is 20.5. The van der Waals surface area contributed by atoms with Crippen molar-refractivity contribution in [3.8, 4) is 44.5 Å². The second-order valence-electron chi connectivity index (χ2n) is 29.4. The average Bonchev–Trinajstić information content (AvgIpc) is 0.790. The molecule has 6 aromatic heterocycles. The van der Waals surface area contributed by atoms with Crippen molar-refractivity contribution in [2.45, 2.75) is 91.8 Å². The van der Waals surface area contributed by atoms with E-state index in [2.05, 4.69) is 27.8 Å². The molecule has 0 aliphatic carbocycles. The van der Waals surface area contributed by atoms with Gasteiger partial charge in [-0.25, -0.2) is 9.13 Å². The van der Waals surface area contributed by atoms with E-state index in [9.17, 15) is 74.7 Å². The van der Waals surface area contributed by atoms with Crippen LogP contribution in [0.5, 0.6) is 0 Å². The number of unbranched alkanes of at least 4 members (excludes halogenated alkanes) is 1. The van der Waals surface area contributed by atoms with Gasteiger partial charge in [0, 0.05) is 70.7 Å². The van der Waals surface area contributed by atoms with Crippen molar-refractivity contribution in [2.24, 2.45) is 0 Å². The fourth-order valence-electron chi connectivity index (χ4n) is 14.5. The first kappa shape index (κ1) is 89.5. The second-order valence-corrected chi connectivity index (χ2v) is 29.4. The maximum Gasteiger partial charge on any atom is 0.488 e. The highest BCUT2D eigenvalue weighted by atomic mass is 16.4. The number of carbonyl (C=O) groups excluding carboxylic acids is 4. The summed E-state index contributed by atoms with van der Waals surface area (Å²) in [4.78, 5) is 57.3. The maximum atomic E-state index is 15.3. The van der Waals surface area contributed by atoms with Gasteiger partial charge in [0.1, 0.15) is 17.2 Å². The molecule has 6 heterocycles. The number of amides is 4. The van der Waals surface area contributed by atoms with Gasteiger partial charge in [-0.1, -0.05) is 166 Å². The summed E-state index contributed by atoms with van der Waals surface area (Å²) in [5, 5.41) is 137. The van der Waals surface area contributed by atoms with E-state index in [1.807, 2.05) is 149 Å². The number of pyridine rings is 6. The molecular formula is C89H98B6N10O16+6. The zero-order valence-corrected chi connectivity index (χ0v) is 67.5. The first-order valence-electron chi connectivity index (χ1n) is 40.0. The highest BCUT2D eigenvalue weighted by Crippen LogP contribution is 2.28. The number of carbonyl (C=O) groups is 4. The van der Waals surface area contributed by atoms with E-state index in [0.29, 0.717) is 103 Å². The van der Waals surface area contributed by atoms with E-state index in [-0.39, 0.29) is 98.6 Å². The Morgan fingerprint density at radius 3 is 0.942 bits per heavy atom. The zero-order chi connectivity index (χ0) is 86.2. The molecule has 612 valence electrons. The van der Waals surface area contributed by atoms with Crippen LogP contribution in [0.4, 0.5) is 0 Å². The quantitative estimate of drug-likeness (QED) is 0.00908. The minimum atomic E-state index is -1.85. The van der Waals surface area contributed by atoms with Crippen LogP contribution in [0.3, 0.4) is 0 Å². The van der Waals surface area contributed by atoms with Gasteiger partial charge >= 0.3 is 42.7 Å². The molecule has 12 aromatic rings. The van der Waals surface area contributed by atoms with Crippen molar-refractivity contribution < 1.29 is 107 Å². The minimum absolute atomic E-state index is 0.0312. The van der Waals surface area contributed by atoms with Crippen LogP contribution in [0, 0.1) is 0 Å². The summed E-state index contributed by atoms with van der Waals surface area (Å²) in [6, 6.07) is 55.1. The van der Waals surface area contributed by atoms with Crippen LogP contribution in [0.1, 0.15) is 101 Å². The Hall–Kier alpha value is -12.3. The van der Waals surface area contributed by atoms with Crippen LogP contribution in [0.25, 0.3) is 44.5 Å². The van der Waals surface area contributed by atoms with Crippen molar-refractivity contribution in [3.63, 3.8) is 0 Å². The van der Waals surface area contributed by atoms with E-state index in [4.69, 9.17) is 0 Å². The number of rotatable bonds is 36. The van der Waals surface area contributed by atoms with Gasteiger partial charge in [0.05, 0.1) is 44.5 Å². The van der Waals surface area contributed by atoms with Crippen molar-refractivity contribution >= 4 is 99.1 Å². The molecule has 0 bridgehead atoms. The van der Waals surface area contributed by atoms with Gasteiger partial charge in [-0.2, -0.15) is 18.3 Å². The van der Waals surface area contributed by atoms with Crippen LogP contribution >= 0.6 is 0 Å². The van der Waals surface area contributed by atoms with Gasteiger partial charge in [-0.15, -0.1) is 0 Å². The van der Waals surface area contributed by atoms with Crippen molar-refractivity contribution in [1.29, 1.82) is 0 Å². The lowest BCUT2D eigenvalue weighted by atomic mass is 9.77. The van der Waals surface area contributed by atoms with E-state index < -0.39 is 66.5 Å². The first-order chi connectivity index (χ1) is 58.4. The molecule has 4 amide bonds. The Bertz CT molecular complexity index is 5650. The molecule has 0 saturated carbocycles. The summed E-state index contributed by atoms with van der Waals surface area (Å²) in [6.07, 6.45) is 22.9. The normalized spacial score (nSPS) is 11.2. The molecule has 32 heteroatoms. The maximum absolute atomic E-state index is 15.3. The number of nitrogens with zero attached hydrogens (tertiary/aromatic N) is 6. The summed E-state index contributed by atoms with van der Waals surface area (Å²) in [7, 11) is -10.6. The van der Waals surface area contributed by atoms with Crippen LogP contribution in [0.2, 0.25) is 0 Å². The Labute approximate surface area is 704 Å². The lowest BCUT2D eigenvalue weighted by Gasteiger charge is -2.19. The number of nitrogens with one attached hydrogen (secondary N) is 4. The summed E-state index contributed by atoms with van der Waals surface area (Å²) in [6.45, 7) is 10.7. The Morgan fingerprint density at radius 2 is 0.603 bits per heavy atom. The largest absolute Gasteiger partial charge is 0.488 e. The van der Waals surface area contributed by atoms with Crippen LogP contribution < -0.4 is 81.4 Å². The van der Waals surface area contributed by atoms with Gasteiger partial charge < -0.3 is 81.6 Å². The topological polar surface area (TPSA) is 382 Å². The Kier molecular flexibility index (Phi) is 31.9. The number of aromatic nitrogens is 6. The fraction of sp³-hybridized carbons (Fsp3) is 0.191. The van der Waals surface area contributed by atoms with E-state index in [0.717, 1.165) is 16.7 Å². The van der Waals surface area contributed by atoms with Gasteiger partial charge in [-0.3, -0.25) is 19.2 Å². The molecule has 16 N–H and O–H groups in total. The van der Waals surface area contributed by atoms with Crippen LogP contribution in [0.15, 0.2) is 281 Å². The molecule has 12 rings (SSSR count). The zero-order valence-electron chi connectivity index (χ0n) is 67.5. The average molecular weight is 1630 g/mol. The Balaban J connectivity index is 0.00000710. The fourth-order valence-corrected chi connectivity index (χ4v) is 14.5. The monoisotopic (exact) mass is 1630 g/mol. The number of hydrogen-bond donors (Lipinski definition) is 16. The molecule has 1 unspecified atom stereocenters. The highest BCUT2D eigenvalue weighted by molar-refractivity contribution is 6.61. The summed E-state index contributed by atoms with van der Waals surface area (Å²) < 4.78 is 11.1. The number of benzene rings is 6. The summed E-state index contributed by atoms with van der Waals surface area (Å²) in [5.41, 5.74) is 11.2. The molecule has 0 saturated heterocycles. The summed E-state index contributed by atoms with van der Waals surface area (Å²) in [5.74, 6) is -2.02. The lowest BCUT2D eigenvalue weighted by Crippen LogP contribution is -2.48. The van der Waals surface area contributed by atoms with Crippen LogP contribution in [-0.4, -0.2) is 152 Å². The molecule has 0 radical (unpaired) electrons. The predicted molar refractivity (Wildman–Crippen MR) is 462 cm³/mol. The molecule has 0 fully saturated rings. The standard InChI is InChI=1S/C87H88B6N10O16.C2H6/c1-60(2)84(104)94-36-19-37-96-87(107)83(97-86(106)76-43-74(57-103(59-76)51-68-25-8-14-33-82(68)93(118)119)72-41-70(53-101(55-72)49-66-23-6-12-31-80(66)91(114)115)62-27-18-39-99(45-62)47-64-21-4-10-29-78(64)89(110)111)34-15-16-35-95-85(105)75-42-73(56-102(58-75)50-67-24-7-13-32-81(67)92(116)117)71-40-69(52-100(54-71)48-65-22-5-11-30-79(65)90(112)113)61-26-17-38-98(44-61)46-63-20-3-9-28-77(63)88(108)109;1-2/h3-14,17-18,20-33,38-45,52-59,83,108-119H,1,15-16,19,34-37,46-51H2,2H3;1-2H3/q+2;/p+4. The predicted octanol–water partition coefficient (Wildman–Crippen LogP) is -1.63. The molecule has 0 aliphatic rings. The number of hydrogen-bond acceptors (Lipinski definition) is 16. The van der Waals surface area contributed by atoms with Crippen molar-refractivity contribution in [2.75, 3.05) is 19.6 Å². The summed E-state index contributed by atoms with van der Waals surface area (Å²) >= 11 is 0. The minimum Gasteiger partial charge on any atom is -0.423 e. The van der Waals surface area contributed by atoms with E-state index in [1.54, 1.807) is 168 Å². The molecular weight excluding hydrogens is 1530 g/mol. The third kappa shape index (κ3) is 24.5. The molecule has 6 aromatic carbocycles. The Morgan fingerprint density at radius 1 is 0.322 bits per heavy atom. The van der Waals surface area contributed by atoms with Crippen molar-refractivity contribution in [3.05, 3.63) is 325 Å². The highest BCUT2D eigenvalue weighted by Gasteiger charge is 2.30. The molecule has 1 atom stereocenters. The molecule has 121 heavy (non-hydrogen) atoms. The lowest BCUT2D eigenvalue weighted by molar-refractivity contribution is -0.689. The van der Waals surface area contributed by atoms with Gasteiger partial charge in [0.15, 0.2) is 114 Å². The van der Waals surface area contributed by atoms with Crippen molar-refractivity contribution in [1.82, 2.24) is 21.3 Å². The first-order valence-corrected chi connectivity index (χ1v) is 40.0. The smallest absolute Gasteiger partial charge is 0.423 e. The van der Waals surface area contributed by atoms with Gasteiger partial charge in [0.2, 0.25) is 11.8 Å². The molecule has 0 spiro atoms. The van der Waals surface area contributed by atoms with Crippen LogP contribution in [-0.2, 0) is 48.9 Å². The van der Waals surface area contributed by atoms with E-state index >= 15 is 4.79 Å². The third-order valence-electron chi connectivity index (χ3n) is 20.5. The second kappa shape index (κ2) is 43.1. The molecule has 26 nitrogen and oxygen atoms in total. The molecule has 0 aliphatic heterocycles.